The maximum absolute atomic E-state index is 12.5. The largest absolute Gasteiger partial charge is 0.341 e. The summed E-state index contributed by atoms with van der Waals surface area (Å²) < 4.78 is 0. The highest BCUT2D eigenvalue weighted by atomic mass is 32.1. The fourth-order valence-electron chi connectivity index (χ4n) is 2.48. The number of hydrogen-bond acceptors (Lipinski definition) is 4. The number of carbonyl (C=O) groups is 1. The monoisotopic (exact) mass is 276 g/mol. The van der Waals surface area contributed by atoms with Gasteiger partial charge in [-0.25, -0.2) is 9.97 Å². The zero-order valence-corrected chi connectivity index (χ0v) is 11.6. The van der Waals surface area contributed by atoms with E-state index in [1.807, 2.05) is 17.2 Å². The van der Waals surface area contributed by atoms with E-state index in [0.29, 0.717) is 5.69 Å². The van der Waals surface area contributed by atoms with Crippen molar-refractivity contribution in [3.63, 3.8) is 0 Å². The average molecular weight is 276 g/mol. The molecule has 1 saturated heterocycles. The number of nitrogens with zero attached hydrogens (tertiary/aromatic N) is 3. The van der Waals surface area contributed by atoms with E-state index in [0.717, 1.165) is 36.5 Å². The maximum Gasteiger partial charge on any atom is 0.272 e. The van der Waals surface area contributed by atoms with Gasteiger partial charge in [0.25, 0.3) is 5.91 Å². The van der Waals surface area contributed by atoms with E-state index in [1.54, 1.807) is 23.9 Å². The Morgan fingerprint density at radius 2 is 2.42 bits per heavy atom. The number of imidazole rings is 1. The number of hydrogen-bond donors (Lipinski definition) is 1. The summed E-state index contributed by atoms with van der Waals surface area (Å²) in [6.45, 7) is 2.78. The van der Waals surface area contributed by atoms with Crippen molar-refractivity contribution in [3.05, 3.63) is 34.3 Å². The Labute approximate surface area is 115 Å². The van der Waals surface area contributed by atoms with Crippen LogP contribution < -0.4 is 0 Å². The minimum absolute atomic E-state index is 0.0232. The van der Waals surface area contributed by atoms with Crippen molar-refractivity contribution < 1.29 is 4.79 Å². The van der Waals surface area contributed by atoms with E-state index in [9.17, 15) is 4.79 Å². The third-order valence-electron chi connectivity index (χ3n) is 3.41. The quantitative estimate of drug-likeness (QED) is 0.917. The number of likely N-dealkylation sites (tertiary alicyclic amines) is 1. The second kappa shape index (κ2) is 5.13. The molecule has 100 valence electrons. The van der Waals surface area contributed by atoms with E-state index < -0.39 is 0 Å². The first-order valence-electron chi connectivity index (χ1n) is 6.47. The van der Waals surface area contributed by atoms with Gasteiger partial charge in [-0.05, 0) is 26.2 Å². The van der Waals surface area contributed by atoms with Gasteiger partial charge in [0.2, 0.25) is 0 Å². The Morgan fingerprint density at radius 3 is 3.11 bits per heavy atom. The molecule has 0 saturated carbocycles. The highest BCUT2D eigenvalue weighted by Gasteiger charge is 2.30. The van der Waals surface area contributed by atoms with E-state index in [1.165, 1.54) is 0 Å². The first-order valence-corrected chi connectivity index (χ1v) is 7.35. The lowest BCUT2D eigenvalue weighted by Gasteiger charge is -2.34. The summed E-state index contributed by atoms with van der Waals surface area (Å²) in [5, 5.41) is 3.09. The Kier molecular flexibility index (Phi) is 3.33. The average Bonchev–Trinajstić information content (AvgIpc) is 3.09. The highest BCUT2D eigenvalue weighted by molar-refractivity contribution is 7.09. The van der Waals surface area contributed by atoms with Gasteiger partial charge in [-0.1, -0.05) is 0 Å². The third-order valence-corrected chi connectivity index (χ3v) is 4.48. The van der Waals surface area contributed by atoms with Crippen molar-refractivity contribution in [2.75, 3.05) is 6.54 Å². The predicted molar refractivity (Wildman–Crippen MR) is 73.1 cm³/mol. The molecule has 0 aliphatic carbocycles. The van der Waals surface area contributed by atoms with Crippen molar-refractivity contribution in [3.8, 4) is 0 Å². The molecule has 1 atom stereocenters. The molecular formula is C13H16N4OS. The fraction of sp³-hybridized carbons (Fsp3) is 0.462. The van der Waals surface area contributed by atoms with Gasteiger partial charge in [0.15, 0.2) is 0 Å². The highest BCUT2D eigenvalue weighted by Crippen LogP contribution is 2.33. The minimum atomic E-state index is 0.0232. The number of piperidine rings is 1. The molecule has 0 bridgehead atoms. The van der Waals surface area contributed by atoms with E-state index in [4.69, 9.17) is 0 Å². The Hall–Kier alpha value is -1.69. The van der Waals surface area contributed by atoms with Gasteiger partial charge in [0.1, 0.15) is 10.7 Å². The van der Waals surface area contributed by atoms with E-state index >= 15 is 0 Å². The number of nitrogens with one attached hydrogen (secondary N) is 1. The molecule has 0 spiro atoms. The molecule has 0 radical (unpaired) electrons. The Morgan fingerprint density at radius 1 is 1.53 bits per heavy atom. The maximum atomic E-state index is 12.5. The lowest BCUT2D eigenvalue weighted by Crippen LogP contribution is -2.38. The molecular weight excluding hydrogens is 260 g/mol. The summed E-state index contributed by atoms with van der Waals surface area (Å²) in [5.41, 5.74) is 1.58. The number of aromatic amines is 1. The first kappa shape index (κ1) is 12.3. The molecule has 5 nitrogen and oxygen atoms in total. The van der Waals surface area contributed by atoms with Crippen LogP contribution in [0.1, 0.15) is 46.5 Å². The van der Waals surface area contributed by atoms with Crippen LogP contribution in [0.5, 0.6) is 0 Å². The lowest BCUT2D eigenvalue weighted by atomic mass is 10.0. The molecule has 6 heteroatoms. The molecule has 2 aromatic rings. The van der Waals surface area contributed by atoms with Crippen LogP contribution >= 0.6 is 11.3 Å². The van der Waals surface area contributed by atoms with Crippen molar-refractivity contribution in [2.24, 2.45) is 0 Å². The summed E-state index contributed by atoms with van der Waals surface area (Å²) >= 11 is 1.64. The van der Waals surface area contributed by atoms with Gasteiger partial charge in [0.05, 0.1) is 18.6 Å². The molecule has 0 aromatic carbocycles. The number of amides is 1. The van der Waals surface area contributed by atoms with Crippen LogP contribution in [0, 0.1) is 6.92 Å². The summed E-state index contributed by atoms with van der Waals surface area (Å²) in [5.74, 6) is 0.0232. The van der Waals surface area contributed by atoms with Crippen LogP contribution in [0.3, 0.4) is 0 Å². The molecule has 3 heterocycles. The van der Waals surface area contributed by atoms with Crippen molar-refractivity contribution in [1.82, 2.24) is 19.9 Å². The van der Waals surface area contributed by atoms with Crippen LogP contribution in [0.4, 0.5) is 0 Å². The van der Waals surface area contributed by atoms with E-state index in [2.05, 4.69) is 15.0 Å². The molecule has 1 fully saturated rings. The first-order chi connectivity index (χ1) is 9.25. The number of aryl methyl sites for hydroxylation is 1. The molecule has 1 unspecified atom stereocenters. The van der Waals surface area contributed by atoms with E-state index in [-0.39, 0.29) is 11.9 Å². The minimum Gasteiger partial charge on any atom is -0.341 e. The second-order valence-corrected chi connectivity index (χ2v) is 5.69. The van der Waals surface area contributed by atoms with Gasteiger partial charge >= 0.3 is 0 Å². The van der Waals surface area contributed by atoms with Crippen molar-refractivity contribution >= 4 is 17.2 Å². The molecule has 1 aliphatic heterocycles. The fourth-order valence-corrected chi connectivity index (χ4v) is 3.43. The zero-order chi connectivity index (χ0) is 13.2. The zero-order valence-electron chi connectivity index (χ0n) is 10.8. The van der Waals surface area contributed by atoms with Gasteiger partial charge in [-0.3, -0.25) is 4.79 Å². The summed E-state index contributed by atoms with van der Waals surface area (Å²) in [7, 11) is 0. The molecule has 1 N–H and O–H groups in total. The van der Waals surface area contributed by atoms with Gasteiger partial charge in [-0.2, -0.15) is 0 Å². The SMILES string of the molecule is Cc1csc(C2CCCCN2C(=O)c2cnc[nH]2)n1. The van der Waals surface area contributed by atoms with Crippen molar-refractivity contribution in [1.29, 1.82) is 0 Å². The second-order valence-electron chi connectivity index (χ2n) is 4.80. The number of carbonyl (C=O) groups excluding carboxylic acids is 1. The summed E-state index contributed by atoms with van der Waals surface area (Å²) in [6, 6.07) is 0.114. The molecule has 19 heavy (non-hydrogen) atoms. The number of aromatic nitrogens is 3. The summed E-state index contributed by atoms with van der Waals surface area (Å²) in [6.07, 6.45) is 6.32. The van der Waals surface area contributed by atoms with Gasteiger partial charge in [0, 0.05) is 17.6 Å². The third kappa shape index (κ3) is 2.40. The topological polar surface area (TPSA) is 61.9 Å². The normalized spacial score (nSPS) is 19.6. The lowest BCUT2D eigenvalue weighted by molar-refractivity contribution is 0.0605. The van der Waals surface area contributed by atoms with Crippen LogP contribution in [0.25, 0.3) is 0 Å². The Balaban J connectivity index is 1.87. The van der Waals surface area contributed by atoms with Crippen LogP contribution in [-0.4, -0.2) is 32.3 Å². The molecule has 2 aromatic heterocycles. The number of thiazole rings is 1. The molecule has 3 rings (SSSR count). The standard InChI is InChI=1S/C13H16N4OS/c1-9-7-19-12(16-9)11-4-2-3-5-17(11)13(18)10-6-14-8-15-10/h6-8,11H,2-5H2,1H3,(H,14,15). The molecule has 1 aliphatic rings. The van der Waals surface area contributed by atoms with Crippen LogP contribution in [0.2, 0.25) is 0 Å². The Bertz CT molecular complexity index is 563. The van der Waals surface area contributed by atoms with Crippen molar-refractivity contribution in [2.45, 2.75) is 32.2 Å². The van der Waals surface area contributed by atoms with Gasteiger partial charge < -0.3 is 9.88 Å². The number of H-pyrrole nitrogens is 1. The molecule has 1 amide bonds. The summed E-state index contributed by atoms with van der Waals surface area (Å²) in [4.78, 5) is 25.8. The smallest absolute Gasteiger partial charge is 0.272 e. The predicted octanol–water partition coefficient (Wildman–Crippen LogP) is 2.54. The van der Waals surface area contributed by atoms with Crippen LogP contribution in [-0.2, 0) is 0 Å². The number of rotatable bonds is 2. The van der Waals surface area contributed by atoms with Crippen LogP contribution in [0.15, 0.2) is 17.9 Å². The van der Waals surface area contributed by atoms with Gasteiger partial charge in [-0.15, -0.1) is 11.3 Å².